The Morgan fingerprint density at radius 2 is 1.82 bits per heavy atom. The number of benzene rings is 2. The van der Waals surface area contributed by atoms with Gasteiger partial charge in [-0.05, 0) is 55.2 Å². The van der Waals surface area contributed by atoms with Gasteiger partial charge in [-0.25, -0.2) is 8.42 Å². The minimum Gasteiger partial charge on any atom is -0.497 e. The number of rotatable bonds is 12. The summed E-state index contributed by atoms with van der Waals surface area (Å²) in [4.78, 5) is 28.7. The van der Waals surface area contributed by atoms with Crippen LogP contribution in [0.15, 0.2) is 42.5 Å². The molecule has 1 aliphatic rings. The molecule has 208 valence electrons. The fraction of sp³-hybridized carbons (Fsp3) is 0.481. The van der Waals surface area contributed by atoms with Crippen LogP contribution in [0.4, 0.5) is 5.69 Å². The standard InChI is InChI=1S/C27H36ClN3O6S/c1-5-23(27(33)29-21-10-6-7-11-21)30(17-19-9-8-12-22(15-19)36-2)26(32)18-31(38(4,34)35)24-16-20(28)13-14-25(24)37-3/h8-9,12-16,21,23H,5-7,10-11,17-18H2,1-4H3,(H,29,33)/t23-/m1/s1. The molecule has 0 aromatic heterocycles. The molecule has 11 heteroatoms. The zero-order valence-corrected chi connectivity index (χ0v) is 23.8. The van der Waals surface area contributed by atoms with E-state index in [4.69, 9.17) is 21.1 Å². The monoisotopic (exact) mass is 565 g/mol. The molecule has 0 bridgehead atoms. The van der Waals surface area contributed by atoms with Gasteiger partial charge in [0.15, 0.2) is 0 Å². The number of anilines is 1. The largest absolute Gasteiger partial charge is 0.497 e. The Labute approximate surface area is 230 Å². The average Bonchev–Trinajstić information content (AvgIpc) is 3.39. The van der Waals surface area contributed by atoms with E-state index in [1.54, 1.807) is 31.4 Å². The highest BCUT2D eigenvalue weighted by Gasteiger charge is 2.33. The molecule has 1 saturated carbocycles. The van der Waals surface area contributed by atoms with Gasteiger partial charge in [-0.1, -0.05) is 43.5 Å². The Morgan fingerprint density at radius 1 is 1.11 bits per heavy atom. The van der Waals surface area contributed by atoms with Crippen molar-refractivity contribution < 1.29 is 27.5 Å². The first kappa shape index (κ1) is 29.6. The lowest BCUT2D eigenvalue weighted by Crippen LogP contribution is -2.53. The van der Waals surface area contributed by atoms with Gasteiger partial charge < -0.3 is 19.7 Å². The Morgan fingerprint density at radius 3 is 2.42 bits per heavy atom. The number of carbonyl (C=O) groups is 2. The zero-order chi connectivity index (χ0) is 27.9. The molecule has 9 nitrogen and oxygen atoms in total. The first-order valence-corrected chi connectivity index (χ1v) is 14.8. The van der Waals surface area contributed by atoms with Gasteiger partial charge in [-0.3, -0.25) is 13.9 Å². The third-order valence-corrected chi connectivity index (χ3v) is 8.02. The van der Waals surface area contributed by atoms with Crippen LogP contribution < -0.4 is 19.1 Å². The van der Waals surface area contributed by atoms with Gasteiger partial charge in [-0.2, -0.15) is 0 Å². The maximum atomic E-state index is 13.9. The maximum absolute atomic E-state index is 13.9. The van der Waals surface area contributed by atoms with E-state index in [-0.39, 0.29) is 35.0 Å². The maximum Gasteiger partial charge on any atom is 0.244 e. The minimum atomic E-state index is -3.92. The lowest BCUT2D eigenvalue weighted by Gasteiger charge is -2.33. The van der Waals surface area contributed by atoms with E-state index in [0.29, 0.717) is 12.2 Å². The number of methoxy groups -OCH3 is 2. The van der Waals surface area contributed by atoms with Crippen molar-refractivity contribution in [3.63, 3.8) is 0 Å². The molecule has 0 heterocycles. The molecule has 1 N–H and O–H groups in total. The third kappa shape index (κ3) is 7.54. The molecule has 1 aliphatic carbocycles. The summed E-state index contributed by atoms with van der Waals surface area (Å²) in [5.74, 6) is 0.0772. The summed E-state index contributed by atoms with van der Waals surface area (Å²) in [5.41, 5.74) is 0.886. The van der Waals surface area contributed by atoms with Crippen LogP contribution in [0, 0.1) is 0 Å². The summed E-state index contributed by atoms with van der Waals surface area (Å²) < 4.78 is 37.4. The Hall–Kier alpha value is -2.98. The summed E-state index contributed by atoms with van der Waals surface area (Å²) in [6.07, 6.45) is 5.29. The summed E-state index contributed by atoms with van der Waals surface area (Å²) in [5, 5.41) is 3.38. The molecular weight excluding hydrogens is 530 g/mol. The number of nitrogens with zero attached hydrogens (tertiary/aromatic N) is 2. The topological polar surface area (TPSA) is 105 Å². The molecule has 0 spiro atoms. The van der Waals surface area contributed by atoms with Crippen molar-refractivity contribution in [1.82, 2.24) is 10.2 Å². The summed E-state index contributed by atoms with van der Waals surface area (Å²) >= 11 is 6.16. The Kier molecular flexibility index (Phi) is 10.3. The fourth-order valence-electron chi connectivity index (χ4n) is 4.71. The Bertz CT molecular complexity index is 1230. The van der Waals surface area contributed by atoms with Crippen molar-refractivity contribution in [3.8, 4) is 11.5 Å². The predicted molar refractivity (Wildman–Crippen MR) is 148 cm³/mol. The Balaban J connectivity index is 1.98. The highest BCUT2D eigenvalue weighted by Crippen LogP contribution is 2.33. The number of amides is 2. The van der Waals surface area contributed by atoms with Crippen molar-refractivity contribution in [2.75, 3.05) is 31.3 Å². The molecule has 0 saturated heterocycles. The van der Waals surface area contributed by atoms with Crippen LogP contribution in [0.5, 0.6) is 11.5 Å². The van der Waals surface area contributed by atoms with Crippen LogP contribution in [0.3, 0.4) is 0 Å². The van der Waals surface area contributed by atoms with Gasteiger partial charge in [0.05, 0.1) is 26.2 Å². The minimum absolute atomic E-state index is 0.0774. The number of hydrogen-bond acceptors (Lipinski definition) is 6. The normalized spacial score (nSPS) is 14.6. The first-order valence-electron chi connectivity index (χ1n) is 12.6. The van der Waals surface area contributed by atoms with Crippen molar-refractivity contribution in [2.24, 2.45) is 0 Å². The lowest BCUT2D eigenvalue weighted by atomic mass is 10.1. The molecule has 0 unspecified atom stereocenters. The summed E-state index contributed by atoms with van der Waals surface area (Å²) in [6, 6.07) is 11.0. The molecule has 0 aliphatic heterocycles. The van der Waals surface area contributed by atoms with Gasteiger partial charge in [0.25, 0.3) is 0 Å². The number of halogens is 1. The molecule has 2 amide bonds. The second-order valence-electron chi connectivity index (χ2n) is 9.37. The van der Waals surface area contributed by atoms with E-state index < -0.39 is 28.5 Å². The van der Waals surface area contributed by atoms with E-state index in [1.165, 1.54) is 24.1 Å². The SMILES string of the molecule is CC[C@H](C(=O)NC1CCCC1)N(Cc1cccc(OC)c1)C(=O)CN(c1cc(Cl)ccc1OC)S(C)(=O)=O. The van der Waals surface area contributed by atoms with Crippen LogP contribution in [0.1, 0.15) is 44.6 Å². The zero-order valence-electron chi connectivity index (χ0n) is 22.3. The van der Waals surface area contributed by atoms with Gasteiger partial charge in [-0.15, -0.1) is 0 Å². The fourth-order valence-corrected chi connectivity index (χ4v) is 5.72. The molecule has 2 aromatic carbocycles. The molecular formula is C27H36ClN3O6S. The number of ether oxygens (including phenoxy) is 2. The van der Waals surface area contributed by atoms with Gasteiger partial charge >= 0.3 is 0 Å². The van der Waals surface area contributed by atoms with E-state index >= 15 is 0 Å². The van der Waals surface area contributed by atoms with Crippen LogP contribution in [0.2, 0.25) is 5.02 Å². The van der Waals surface area contributed by atoms with Gasteiger partial charge in [0.1, 0.15) is 24.1 Å². The molecule has 0 radical (unpaired) electrons. The predicted octanol–water partition coefficient (Wildman–Crippen LogP) is 3.99. The number of sulfonamides is 1. The van der Waals surface area contributed by atoms with Crippen LogP contribution in [-0.4, -0.2) is 64.2 Å². The van der Waals surface area contributed by atoms with Crippen LogP contribution in [0.25, 0.3) is 0 Å². The lowest BCUT2D eigenvalue weighted by molar-refractivity contribution is -0.140. The molecule has 1 fully saturated rings. The van der Waals surface area contributed by atoms with E-state index in [9.17, 15) is 18.0 Å². The number of carbonyl (C=O) groups excluding carboxylic acids is 2. The van der Waals surface area contributed by atoms with Crippen molar-refractivity contribution >= 4 is 39.1 Å². The number of hydrogen-bond donors (Lipinski definition) is 1. The summed E-state index contributed by atoms with van der Waals surface area (Å²) in [7, 11) is -0.967. The highest BCUT2D eigenvalue weighted by atomic mass is 35.5. The average molecular weight is 566 g/mol. The second kappa shape index (κ2) is 13.2. The third-order valence-electron chi connectivity index (χ3n) is 6.66. The molecule has 3 rings (SSSR count). The quantitative estimate of drug-likeness (QED) is 0.417. The molecule has 1 atom stereocenters. The van der Waals surface area contributed by atoms with E-state index in [2.05, 4.69) is 5.32 Å². The van der Waals surface area contributed by atoms with Crippen molar-refractivity contribution in [2.45, 2.75) is 57.7 Å². The van der Waals surface area contributed by atoms with Gasteiger partial charge in [0.2, 0.25) is 21.8 Å². The highest BCUT2D eigenvalue weighted by molar-refractivity contribution is 7.92. The molecule has 38 heavy (non-hydrogen) atoms. The molecule has 2 aromatic rings. The van der Waals surface area contributed by atoms with Crippen LogP contribution >= 0.6 is 11.6 Å². The van der Waals surface area contributed by atoms with Crippen molar-refractivity contribution in [3.05, 3.63) is 53.1 Å². The first-order chi connectivity index (χ1) is 18.1. The van der Waals surface area contributed by atoms with Gasteiger partial charge in [0, 0.05) is 17.6 Å². The second-order valence-corrected chi connectivity index (χ2v) is 11.7. The summed E-state index contributed by atoms with van der Waals surface area (Å²) in [6.45, 7) is 1.39. The van der Waals surface area contributed by atoms with E-state index in [1.807, 2.05) is 13.0 Å². The smallest absolute Gasteiger partial charge is 0.244 e. The number of nitrogens with one attached hydrogen (secondary N) is 1. The van der Waals surface area contributed by atoms with Crippen molar-refractivity contribution in [1.29, 1.82) is 0 Å². The van der Waals surface area contributed by atoms with E-state index in [0.717, 1.165) is 41.8 Å². The van der Waals surface area contributed by atoms with Crippen LogP contribution in [-0.2, 0) is 26.2 Å².